The third-order valence-corrected chi connectivity index (χ3v) is 7.74. The van der Waals surface area contributed by atoms with E-state index < -0.39 is 6.17 Å². The Kier molecular flexibility index (Phi) is 4.46. The molecule has 27 heavy (non-hydrogen) atoms. The highest BCUT2D eigenvalue weighted by molar-refractivity contribution is 7.16. The summed E-state index contributed by atoms with van der Waals surface area (Å²) in [7, 11) is 0. The number of hydrogen-bond donors (Lipinski definition) is 3. The Morgan fingerprint density at radius 2 is 2.07 bits per heavy atom. The van der Waals surface area contributed by atoms with Gasteiger partial charge in [0.1, 0.15) is 16.9 Å². The lowest BCUT2D eigenvalue weighted by Crippen LogP contribution is -2.38. The average molecular weight is 385 g/mol. The van der Waals surface area contributed by atoms with Crippen LogP contribution >= 0.6 is 11.3 Å². The van der Waals surface area contributed by atoms with Crippen LogP contribution in [0.3, 0.4) is 0 Å². The van der Waals surface area contributed by atoms with E-state index in [1.807, 2.05) is 19.1 Å². The lowest BCUT2D eigenvalue weighted by molar-refractivity contribution is 0.0934. The Labute approximate surface area is 165 Å². The molecule has 1 aliphatic carbocycles. The molecule has 0 spiro atoms. The SMILES string of the molecule is CCC(C)(C)[C@@H]1CCc2c(sc3c2C(=O)N[C@H](c2ccc(C)cc2O)N3)C1. The highest BCUT2D eigenvalue weighted by atomic mass is 32.1. The number of phenols is 1. The number of hydrogen-bond acceptors (Lipinski definition) is 4. The molecule has 1 aromatic carbocycles. The number of benzene rings is 1. The second-order valence-corrected chi connectivity index (χ2v) is 9.71. The maximum atomic E-state index is 12.9. The van der Waals surface area contributed by atoms with Crippen LogP contribution in [0.25, 0.3) is 0 Å². The van der Waals surface area contributed by atoms with Gasteiger partial charge in [0.15, 0.2) is 0 Å². The summed E-state index contributed by atoms with van der Waals surface area (Å²) in [5, 5.41) is 17.7. The smallest absolute Gasteiger partial charge is 0.256 e. The van der Waals surface area contributed by atoms with Crippen molar-refractivity contribution in [2.75, 3.05) is 5.32 Å². The minimum atomic E-state index is -0.395. The maximum Gasteiger partial charge on any atom is 0.256 e. The minimum absolute atomic E-state index is 0.0283. The van der Waals surface area contributed by atoms with Crippen LogP contribution in [0.2, 0.25) is 0 Å². The fourth-order valence-corrected chi connectivity index (χ4v) is 5.66. The van der Waals surface area contributed by atoms with Gasteiger partial charge in [0.2, 0.25) is 0 Å². The van der Waals surface area contributed by atoms with Gasteiger partial charge < -0.3 is 15.7 Å². The molecule has 2 atom stereocenters. The fourth-order valence-electron chi connectivity index (χ4n) is 4.31. The van der Waals surface area contributed by atoms with Gasteiger partial charge in [-0.25, -0.2) is 0 Å². The Balaban J connectivity index is 1.65. The topological polar surface area (TPSA) is 61.4 Å². The van der Waals surface area contributed by atoms with E-state index >= 15 is 0 Å². The first-order valence-corrected chi connectivity index (χ1v) is 10.6. The molecule has 0 saturated heterocycles. The zero-order valence-electron chi connectivity index (χ0n) is 16.5. The zero-order chi connectivity index (χ0) is 19.3. The van der Waals surface area contributed by atoms with E-state index in [1.165, 1.54) is 16.9 Å². The fraction of sp³-hybridized carbons (Fsp3) is 0.500. The molecule has 0 unspecified atom stereocenters. The quantitative estimate of drug-likeness (QED) is 0.685. The minimum Gasteiger partial charge on any atom is -0.508 e. The first-order chi connectivity index (χ1) is 12.8. The number of nitrogens with one attached hydrogen (secondary N) is 2. The molecule has 4 rings (SSSR count). The molecule has 2 aromatic rings. The van der Waals surface area contributed by atoms with Crippen LogP contribution in [-0.4, -0.2) is 11.0 Å². The van der Waals surface area contributed by atoms with E-state index in [2.05, 4.69) is 31.4 Å². The van der Waals surface area contributed by atoms with Crippen LogP contribution in [0.15, 0.2) is 18.2 Å². The third kappa shape index (κ3) is 3.12. The Morgan fingerprint density at radius 1 is 1.30 bits per heavy atom. The monoisotopic (exact) mass is 384 g/mol. The highest BCUT2D eigenvalue weighted by Gasteiger charge is 2.37. The summed E-state index contributed by atoms with van der Waals surface area (Å²) in [5.41, 5.74) is 4.08. The normalized spacial score (nSPS) is 21.9. The maximum absolute atomic E-state index is 12.9. The molecule has 2 aliphatic rings. The molecular formula is C22H28N2O2S. The number of aromatic hydroxyl groups is 1. The van der Waals surface area contributed by atoms with E-state index in [4.69, 9.17) is 0 Å². The number of amides is 1. The standard InChI is InChI=1S/C22H28N2O2S/c1-5-22(3,4)13-7-9-15-17(11-13)27-21-18(15)20(26)23-19(24-21)14-8-6-12(2)10-16(14)25/h6,8,10,13,19,24-25H,5,7,9,11H2,1-4H3,(H,23,26)/t13-,19+/m1/s1. The van der Waals surface area contributed by atoms with E-state index in [0.717, 1.165) is 35.4 Å². The average Bonchev–Trinajstić information content (AvgIpc) is 2.99. The van der Waals surface area contributed by atoms with Gasteiger partial charge >= 0.3 is 0 Å². The van der Waals surface area contributed by atoms with Crippen molar-refractivity contribution in [3.63, 3.8) is 0 Å². The van der Waals surface area contributed by atoms with Gasteiger partial charge in [0.05, 0.1) is 5.56 Å². The Hall–Kier alpha value is -2.01. The van der Waals surface area contributed by atoms with E-state index in [0.29, 0.717) is 16.9 Å². The largest absolute Gasteiger partial charge is 0.508 e. The van der Waals surface area contributed by atoms with Gasteiger partial charge in [0.25, 0.3) is 5.91 Å². The molecule has 4 nitrogen and oxygen atoms in total. The second-order valence-electron chi connectivity index (χ2n) is 8.60. The van der Waals surface area contributed by atoms with E-state index in [-0.39, 0.29) is 11.7 Å². The molecule has 0 bridgehead atoms. The molecule has 1 amide bonds. The third-order valence-electron chi connectivity index (χ3n) is 6.56. The van der Waals surface area contributed by atoms with Crippen molar-refractivity contribution in [3.8, 4) is 5.75 Å². The summed E-state index contributed by atoms with van der Waals surface area (Å²) < 4.78 is 0. The first kappa shape index (κ1) is 18.4. The summed E-state index contributed by atoms with van der Waals surface area (Å²) in [6, 6.07) is 5.56. The number of thiophene rings is 1. The first-order valence-electron chi connectivity index (χ1n) is 9.81. The zero-order valence-corrected chi connectivity index (χ0v) is 17.3. The van der Waals surface area contributed by atoms with Gasteiger partial charge in [-0.3, -0.25) is 4.79 Å². The lowest BCUT2D eigenvalue weighted by Gasteiger charge is -2.36. The summed E-state index contributed by atoms with van der Waals surface area (Å²) in [6.45, 7) is 8.92. The summed E-state index contributed by atoms with van der Waals surface area (Å²) in [6.07, 6.45) is 3.96. The van der Waals surface area contributed by atoms with Crippen molar-refractivity contribution < 1.29 is 9.90 Å². The predicted octanol–water partition coefficient (Wildman–Crippen LogP) is 5.16. The number of fused-ring (bicyclic) bond motifs is 3. The molecule has 144 valence electrons. The number of aryl methyl sites for hydroxylation is 1. The van der Waals surface area contributed by atoms with E-state index in [9.17, 15) is 9.90 Å². The van der Waals surface area contributed by atoms with Crippen molar-refractivity contribution in [1.82, 2.24) is 5.32 Å². The molecule has 1 aromatic heterocycles. The molecular weight excluding hydrogens is 356 g/mol. The van der Waals surface area contributed by atoms with Crippen LogP contribution in [-0.2, 0) is 12.8 Å². The van der Waals surface area contributed by atoms with Crippen LogP contribution in [0.4, 0.5) is 5.00 Å². The Bertz CT molecular complexity index is 900. The Morgan fingerprint density at radius 3 is 2.78 bits per heavy atom. The van der Waals surface area contributed by atoms with Crippen LogP contribution in [0, 0.1) is 18.3 Å². The molecule has 1 aliphatic heterocycles. The highest BCUT2D eigenvalue weighted by Crippen LogP contribution is 2.47. The van der Waals surface area contributed by atoms with Crippen molar-refractivity contribution >= 4 is 22.2 Å². The van der Waals surface area contributed by atoms with E-state index in [1.54, 1.807) is 17.4 Å². The second kappa shape index (κ2) is 6.55. The molecule has 0 radical (unpaired) electrons. The van der Waals surface area contributed by atoms with Crippen molar-refractivity contribution in [2.24, 2.45) is 11.3 Å². The molecule has 0 fully saturated rings. The number of carbonyl (C=O) groups is 1. The molecule has 5 heteroatoms. The van der Waals surface area contributed by atoms with Crippen molar-refractivity contribution in [2.45, 2.75) is 59.5 Å². The summed E-state index contributed by atoms with van der Waals surface area (Å²) in [5.74, 6) is 0.844. The van der Waals surface area contributed by atoms with Gasteiger partial charge in [-0.2, -0.15) is 0 Å². The van der Waals surface area contributed by atoms with Crippen molar-refractivity contribution in [3.05, 3.63) is 45.3 Å². The van der Waals surface area contributed by atoms with Gasteiger partial charge in [-0.05, 0) is 54.7 Å². The summed E-state index contributed by atoms with van der Waals surface area (Å²) in [4.78, 5) is 14.2. The number of carbonyl (C=O) groups excluding carboxylic acids is 1. The van der Waals surface area contributed by atoms with Gasteiger partial charge in [-0.1, -0.05) is 39.3 Å². The molecule has 0 saturated carbocycles. The molecule has 2 heterocycles. The van der Waals surface area contributed by atoms with Crippen LogP contribution in [0.1, 0.15) is 71.7 Å². The molecule has 3 N–H and O–H groups in total. The number of rotatable bonds is 3. The number of phenolic OH excluding ortho intramolecular Hbond substituents is 1. The van der Waals surface area contributed by atoms with Crippen LogP contribution < -0.4 is 10.6 Å². The van der Waals surface area contributed by atoms with Gasteiger partial charge in [-0.15, -0.1) is 11.3 Å². The number of anilines is 1. The van der Waals surface area contributed by atoms with Crippen LogP contribution in [0.5, 0.6) is 5.75 Å². The summed E-state index contributed by atoms with van der Waals surface area (Å²) >= 11 is 1.73. The van der Waals surface area contributed by atoms with Crippen molar-refractivity contribution in [1.29, 1.82) is 0 Å². The predicted molar refractivity (Wildman–Crippen MR) is 111 cm³/mol. The lowest BCUT2D eigenvalue weighted by atomic mass is 9.69. The van der Waals surface area contributed by atoms with Gasteiger partial charge in [0, 0.05) is 10.4 Å².